The standard InChI is InChI=1S/C34H33N4.C28H21N4.2Ir/c1-33(2,3)27-17-12-24(13-18-27)30-36-31(25-14-19-28(20-15-25)34(4,5)6)38-32(37-30)26-16-21-29(35-22-26)23-10-8-7-9-11-23;1-19-8-12-22(13-9-19)26-30-27(23-14-10-20(2)11-15-23)32-28(31-26)24-16-17-25(29-18-24)21-6-4-3-5-7-21;;/h7-10,12-22H,1-6H3;3-6,8-18H,1-2H3;;/q2*-1;;. The Morgan fingerprint density at radius 3 is 0.847 bits per heavy atom. The summed E-state index contributed by atoms with van der Waals surface area (Å²) in [6, 6.07) is 63.5. The second-order valence-corrected chi connectivity index (χ2v) is 19.4. The van der Waals surface area contributed by atoms with Crippen LogP contribution in [0.25, 0.3) is 90.8 Å². The first-order chi connectivity index (χ1) is 33.7. The van der Waals surface area contributed by atoms with E-state index in [-0.39, 0.29) is 51.0 Å². The molecule has 0 atom stereocenters. The minimum absolute atomic E-state index is 0. The Kier molecular flexibility index (Phi) is 16.9. The van der Waals surface area contributed by atoms with Crippen molar-refractivity contribution in [3.05, 3.63) is 217 Å². The van der Waals surface area contributed by atoms with Crippen molar-refractivity contribution in [2.24, 2.45) is 0 Å². The topological polar surface area (TPSA) is 103 Å². The zero-order valence-electron chi connectivity index (χ0n) is 41.6. The number of hydrogen-bond donors (Lipinski definition) is 0. The van der Waals surface area contributed by atoms with Crippen LogP contribution in [0, 0.1) is 26.0 Å². The number of benzene rings is 6. The molecular weight excluding hydrogens is 1240 g/mol. The van der Waals surface area contributed by atoms with Crippen molar-refractivity contribution in [1.29, 1.82) is 0 Å². The molecule has 10 rings (SSSR count). The molecule has 0 saturated carbocycles. The van der Waals surface area contributed by atoms with Crippen molar-refractivity contribution >= 4 is 0 Å². The molecule has 10 heteroatoms. The van der Waals surface area contributed by atoms with Crippen molar-refractivity contribution < 1.29 is 40.2 Å². The zero-order valence-corrected chi connectivity index (χ0v) is 46.4. The van der Waals surface area contributed by atoms with Gasteiger partial charge >= 0.3 is 0 Å². The maximum Gasteiger partial charge on any atom is 0.165 e. The van der Waals surface area contributed by atoms with Crippen LogP contribution in [0.2, 0.25) is 0 Å². The van der Waals surface area contributed by atoms with E-state index in [0.717, 1.165) is 55.9 Å². The summed E-state index contributed by atoms with van der Waals surface area (Å²) >= 11 is 0. The minimum Gasteiger partial charge on any atom is -0.304 e. The van der Waals surface area contributed by atoms with Crippen LogP contribution in [0.4, 0.5) is 0 Å². The monoisotopic (exact) mass is 1300 g/mol. The summed E-state index contributed by atoms with van der Waals surface area (Å²) in [6.45, 7) is 17.4. The van der Waals surface area contributed by atoms with E-state index in [0.29, 0.717) is 34.9 Å². The van der Waals surface area contributed by atoms with Crippen molar-refractivity contribution in [1.82, 2.24) is 39.9 Å². The summed E-state index contributed by atoms with van der Waals surface area (Å²) in [5.74, 6) is 3.77. The summed E-state index contributed by atoms with van der Waals surface area (Å²) in [6.07, 6.45) is 3.63. The average Bonchev–Trinajstić information content (AvgIpc) is 3.39. The summed E-state index contributed by atoms with van der Waals surface area (Å²) < 4.78 is 0. The predicted molar refractivity (Wildman–Crippen MR) is 283 cm³/mol. The van der Waals surface area contributed by atoms with Crippen LogP contribution in [0.3, 0.4) is 0 Å². The third-order valence-electron chi connectivity index (χ3n) is 11.9. The van der Waals surface area contributed by atoms with Gasteiger partial charge in [-0.25, -0.2) is 29.9 Å². The van der Waals surface area contributed by atoms with Gasteiger partial charge in [0.25, 0.3) is 0 Å². The molecule has 362 valence electrons. The molecule has 0 fully saturated rings. The second kappa shape index (κ2) is 23.0. The molecule has 10 aromatic rings. The van der Waals surface area contributed by atoms with Gasteiger partial charge in [-0.15, -0.1) is 71.8 Å². The molecule has 72 heavy (non-hydrogen) atoms. The minimum atomic E-state index is 0. The molecule has 4 aromatic heterocycles. The SMILES string of the molecule is CC(C)(C)c1ccc(-c2nc(-c3ccc(C(C)(C)C)cc3)nc(-c3ccc(-c4[c-]cccc4)nc3)n2)cc1.Cc1ccc(-c2nc(-c3ccc(C)cc3)nc(-c3ccc(-c4[c-]cccc4)nc3)n2)cc1.[Ir].[Ir]. The van der Waals surface area contributed by atoms with Gasteiger partial charge in [0.15, 0.2) is 34.9 Å². The molecule has 2 radical (unpaired) electrons. The fourth-order valence-electron chi connectivity index (χ4n) is 7.65. The smallest absolute Gasteiger partial charge is 0.165 e. The van der Waals surface area contributed by atoms with E-state index in [1.165, 1.54) is 22.3 Å². The Morgan fingerprint density at radius 1 is 0.319 bits per heavy atom. The van der Waals surface area contributed by atoms with Crippen LogP contribution in [-0.4, -0.2) is 39.9 Å². The number of pyridine rings is 2. The molecule has 4 heterocycles. The van der Waals surface area contributed by atoms with E-state index < -0.39 is 0 Å². The third kappa shape index (κ3) is 12.9. The Morgan fingerprint density at radius 2 is 0.597 bits per heavy atom. The fourth-order valence-corrected chi connectivity index (χ4v) is 7.65. The second-order valence-electron chi connectivity index (χ2n) is 19.4. The van der Waals surface area contributed by atoms with E-state index in [2.05, 4.69) is 150 Å². The van der Waals surface area contributed by atoms with Crippen LogP contribution in [-0.2, 0) is 51.0 Å². The first-order valence-corrected chi connectivity index (χ1v) is 23.5. The molecule has 0 saturated heterocycles. The van der Waals surface area contributed by atoms with E-state index in [4.69, 9.17) is 29.9 Å². The van der Waals surface area contributed by atoms with Gasteiger partial charge in [-0.3, -0.25) is 0 Å². The van der Waals surface area contributed by atoms with Crippen molar-refractivity contribution in [3.8, 4) is 90.8 Å². The molecule has 6 aromatic carbocycles. The number of aryl methyl sites for hydroxylation is 2. The van der Waals surface area contributed by atoms with Gasteiger partial charge in [0.05, 0.1) is 0 Å². The number of nitrogens with zero attached hydrogens (tertiary/aromatic N) is 8. The van der Waals surface area contributed by atoms with Crippen LogP contribution >= 0.6 is 0 Å². The Labute approximate surface area is 450 Å². The Balaban J connectivity index is 0.000000208. The van der Waals surface area contributed by atoms with Crippen molar-refractivity contribution in [3.63, 3.8) is 0 Å². The molecular formula is C62H54Ir2N8-2. The molecule has 0 aliphatic rings. The Hall–Kier alpha value is -7.06. The maximum atomic E-state index is 4.90. The molecule has 0 aliphatic carbocycles. The van der Waals surface area contributed by atoms with Crippen LogP contribution < -0.4 is 0 Å². The zero-order chi connectivity index (χ0) is 48.8. The van der Waals surface area contributed by atoms with Gasteiger partial charge in [0.1, 0.15) is 0 Å². The molecule has 0 amide bonds. The van der Waals surface area contributed by atoms with E-state index in [1.54, 1.807) is 0 Å². The summed E-state index contributed by atoms with van der Waals surface area (Å²) in [4.78, 5) is 38.3. The van der Waals surface area contributed by atoms with Gasteiger partial charge in [-0.2, -0.15) is 0 Å². The van der Waals surface area contributed by atoms with E-state index in [9.17, 15) is 0 Å². The van der Waals surface area contributed by atoms with Crippen LogP contribution in [0.15, 0.2) is 182 Å². The van der Waals surface area contributed by atoms with Gasteiger partial charge in [0, 0.05) is 86.0 Å². The molecule has 0 N–H and O–H groups in total. The molecule has 0 spiro atoms. The summed E-state index contributed by atoms with van der Waals surface area (Å²) in [5, 5.41) is 0. The van der Waals surface area contributed by atoms with Crippen LogP contribution in [0.5, 0.6) is 0 Å². The van der Waals surface area contributed by atoms with Crippen LogP contribution in [0.1, 0.15) is 63.8 Å². The fraction of sp³-hybridized carbons (Fsp3) is 0.161. The van der Waals surface area contributed by atoms with Gasteiger partial charge in [0.2, 0.25) is 0 Å². The number of aromatic nitrogens is 8. The van der Waals surface area contributed by atoms with Crippen molar-refractivity contribution in [2.45, 2.75) is 66.2 Å². The molecule has 0 bridgehead atoms. The normalized spacial score (nSPS) is 11.1. The van der Waals surface area contributed by atoms with Gasteiger partial charge < -0.3 is 9.97 Å². The summed E-state index contributed by atoms with van der Waals surface area (Å²) in [7, 11) is 0. The Bertz CT molecular complexity index is 3200. The molecule has 0 unspecified atom stereocenters. The van der Waals surface area contributed by atoms with E-state index in [1.807, 2.05) is 109 Å². The first-order valence-electron chi connectivity index (χ1n) is 23.5. The van der Waals surface area contributed by atoms with E-state index >= 15 is 0 Å². The predicted octanol–water partition coefficient (Wildman–Crippen LogP) is 14.7. The van der Waals surface area contributed by atoms with Crippen molar-refractivity contribution in [2.75, 3.05) is 0 Å². The largest absolute Gasteiger partial charge is 0.304 e. The quantitative estimate of drug-likeness (QED) is 0.139. The maximum absolute atomic E-state index is 4.90. The summed E-state index contributed by atoms with van der Waals surface area (Å²) in [5.41, 5.74) is 14.2. The number of hydrogen-bond acceptors (Lipinski definition) is 8. The average molecular weight is 1300 g/mol. The third-order valence-corrected chi connectivity index (χ3v) is 11.9. The molecule has 8 nitrogen and oxygen atoms in total. The van der Waals surface area contributed by atoms with Gasteiger partial charge in [-0.1, -0.05) is 174 Å². The molecule has 0 aliphatic heterocycles. The first kappa shape index (κ1) is 52.8. The van der Waals surface area contributed by atoms with Gasteiger partial charge in [-0.05, 0) is 47.2 Å². The number of rotatable bonds is 8.